The van der Waals surface area contributed by atoms with E-state index in [1.165, 1.54) is 16.6 Å². The molecule has 13 heteroatoms. The molecular weight excluding hydrogens is 480 g/mol. The molecule has 0 atom stereocenters. The third kappa shape index (κ3) is 5.06. The summed E-state index contributed by atoms with van der Waals surface area (Å²) in [6.45, 7) is 0.249. The number of nitrogens with one attached hydrogen (secondary N) is 1. The van der Waals surface area contributed by atoms with Gasteiger partial charge in [0, 0.05) is 18.2 Å². The number of carbonyl (C=O) groups is 1. The number of nitrogens with zero attached hydrogens (tertiary/aromatic N) is 5. The molecule has 2 aromatic heterocycles. The van der Waals surface area contributed by atoms with E-state index in [1.807, 2.05) is 0 Å². The molecule has 4 rings (SSSR count). The number of ether oxygens (including phenoxy) is 3. The number of methoxy groups -OCH3 is 2. The summed E-state index contributed by atoms with van der Waals surface area (Å²) < 4.78 is 17.9. The van der Waals surface area contributed by atoms with Crippen LogP contribution in [-0.2, 0) is 0 Å². The molecule has 2 heterocycles. The molecule has 0 aliphatic rings. The van der Waals surface area contributed by atoms with Gasteiger partial charge in [0.2, 0.25) is 5.88 Å². The maximum atomic E-state index is 12.3. The predicted octanol–water partition coefficient (Wildman–Crippen LogP) is 3.18. The van der Waals surface area contributed by atoms with Crippen molar-refractivity contribution >= 4 is 28.8 Å². The Morgan fingerprint density at radius 3 is 2.66 bits per heavy atom. The third-order valence-corrected chi connectivity index (χ3v) is 5.24. The van der Waals surface area contributed by atoms with E-state index in [1.54, 1.807) is 44.6 Å². The first-order chi connectivity index (χ1) is 16.9. The van der Waals surface area contributed by atoms with Gasteiger partial charge in [0.15, 0.2) is 11.5 Å². The van der Waals surface area contributed by atoms with Crippen molar-refractivity contribution in [3.05, 3.63) is 69.2 Å². The minimum atomic E-state index is -0.587. The first kappa shape index (κ1) is 23.7. The van der Waals surface area contributed by atoms with E-state index in [4.69, 9.17) is 25.8 Å². The molecule has 1 N–H and O–H groups in total. The van der Waals surface area contributed by atoms with E-state index in [2.05, 4.69) is 20.6 Å². The van der Waals surface area contributed by atoms with Gasteiger partial charge in [-0.25, -0.2) is 0 Å². The number of non-ortho nitro benzene ring substituents is 1. The number of carbonyl (C=O) groups excluding carboxylic acids is 1. The zero-order valence-electron chi connectivity index (χ0n) is 18.6. The quantitative estimate of drug-likeness (QED) is 0.209. The van der Waals surface area contributed by atoms with Gasteiger partial charge in [-0.2, -0.15) is 4.52 Å². The van der Waals surface area contributed by atoms with Gasteiger partial charge in [-0.05, 0) is 30.3 Å². The summed E-state index contributed by atoms with van der Waals surface area (Å²) in [5.41, 5.74) is 1.06. The van der Waals surface area contributed by atoms with Crippen molar-refractivity contribution in [2.75, 3.05) is 27.4 Å². The summed E-state index contributed by atoms with van der Waals surface area (Å²) in [6.07, 6.45) is 0. The summed E-state index contributed by atoms with van der Waals surface area (Å²) in [7, 11) is 3.11. The van der Waals surface area contributed by atoms with E-state index in [-0.39, 0.29) is 35.3 Å². The molecule has 180 valence electrons. The predicted molar refractivity (Wildman–Crippen MR) is 125 cm³/mol. The average Bonchev–Trinajstić information content (AvgIpc) is 3.29. The fourth-order valence-corrected chi connectivity index (χ4v) is 3.48. The van der Waals surface area contributed by atoms with E-state index in [0.29, 0.717) is 28.5 Å². The second-order valence-electron chi connectivity index (χ2n) is 7.06. The molecule has 0 aliphatic heterocycles. The highest BCUT2D eigenvalue weighted by atomic mass is 35.5. The maximum Gasteiger partial charge on any atom is 0.270 e. The molecule has 12 nitrogen and oxygen atoms in total. The van der Waals surface area contributed by atoms with E-state index in [9.17, 15) is 14.9 Å². The lowest BCUT2D eigenvalue weighted by molar-refractivity contribution is -0.384. The maximum absolute atomic E-state index is 12.3. The Hall–Kier alpha value is -4.45. The summed E-state index contributed by atoms with van der Waals surface area (Å²) in [4.78, 5) is 22.6. The van der Waals surface area contributed by atoms with E-state index < -0.39 is 10.8 Å². The van der Waals surface area contributed by atoms with E-state index in [0.717, 1.165) is 6.07 Å². The average molecular weight is 499 g/mol. The second-order valence-corrected chi connectivity index (χ2v) is 7.46. The molecule has 0 saturated heterocycles. The van der Waals surface area contributed by atoms with Crippen molar-refractivity contribution in [3.63, 3.8) is 0 Å². The standard InChI is InChI=1S/C22H19ClN6O6/c1-33-14-4-6-18(34-2)16(12-14)21-26-25-19-7-8-20(27-28(19)21)35-10-9-24-22(30)15-5-3-13(29(31)32)11-17(15)23/h3-8,11-12H,9-10H2,1-2H3,(H,24,30). The van der Waals surface area contributed by atoms with Crippen LogP contribution in [0.5, 0.6) is 17.4 Å². The largest absolute Gasteiger partial charge is 0.497 e. The first-order valence-electron chi connectivity index (χ1n) is 10.2. The lowest BCUT2D eigenvalue weighted by Gasteiger charge is -2.10. The zero-order valence-corrected chi connectivity index (χ0v) is 19.4. The Bertz CT molecular complexity index is 1410. The van der Waals surface area contributed by atoms with Crippen LogP contribution in [0.4, 0.5) is 5.69 Å². The summed E-state index contributed by atoms with van der Waals surface area (Å²) in [6, 6.07) is 12.3. The number of hydrogen-bond acceptors (Lipinski definition) is 9. The number of aromatic nitrogens is 4. The van der Waals surface area contributed by atoms with Crippen LogP contribution in [0.2, 0.25) is 5.02 Å². The molecule has 2 aromatic carbocycles. The van der Waals surface area contributed by atoms with Crippen LogP contribution >= 0.6 is 11.6 Å². The number of nitro groups is 1. The fourth-order valence-electron chi connectivity index (χ4n) is 3.22. The Kier molecular flexibility index (Phi) is 6.92. The van der Waals surface area contributed by atoms with Crippen LogP contribution < -0.4 is 19.5 Å². The SMILES string of the molecule is COc1ccc(OC)c(-c2nnc3ccc(OCCNC(=O)c4ccc([N+](=O)[O-])cc4Cl)nn23)c1. The summed E-state index contributed by atoms with van der Waals surface area (Å²) >= 11 is 5.99. The first-order valence-corrected chi connectivity index (χ1v) is 10.6. The van der Waals surface area contributed by atoms with E-state index >= 15 is 0 Å². The monoisotopic (exact) mass is 498 g/mol. The molecule has 0 saturated carbocycles. The summed E-state index contributed by atoms with van der Waals surface area (Å²) in [5.74, 6) is 1.42. The van der Waals surface area contributed by atoms with Crippen LogP contribution in [0, 0.1) is 10.1 Å². The molecule has 0 spiro atoms. The lowest BCUT2D eigenvalue weighted by atomic mass is 10.2. The van der Waals surface area contributed by atoms with Crippen LogP contribution in [0.25, 0.3) is 17.0 Å². The Labute approximate surface area is 203 Å². The number of hydrogen-bond donors (Lipinski definition) is 1. The zero-order chi connectivity index (χ0) is 24.9. The molecule has 0 aliphatic carbocycles. The minimum Gasteiger partial charge on any atom is -0.497 e. The van der Waals surface area contributed by atoms with Crippen molar-refractivity contribution in [1.29, 1.82) is 0 Å². The lowest BCUT2D eigenvalue weighted by Crippen LogP contribution is -2.28. The molecule has 0 fully saturated rings. The number of amides is 1. The van der Waals surface area contributed by atoms with Crippen LogP contribution in [0.1, 0.15) is 10.4 Å². The van der Waals surface area contributed by atoms with Crippen molar-refractivity contribution in [1.82, 2.24) is 25.1 Å². The number of halogens is 1. The Morgan fingerprint density at radius 2 is 1.94 bits per heavy atom. The van der Waals surface area contributed by atoms with Crippen molar-refractivity contribution in [3.8, 4) is 28.8 Å². The highest BCUT2D eigenvalue weighted by Gasteiger charge is 2.17. The molecule has 0 unspecified atom stereocenters. The number of fused-ring (bicyclic) bond motifs is 1. The van der Waals surface area contributed by atoms with Gasteiger partial charge in [0.25, 0.3) is 11.6 Å². The third-order valence-electron chi connectivity index (χ3n) is 4.93. The number of benzene rings is 2. The number of rotatable bonds is 9. The van der Waals surface area contributed by atoms with Gasteiger partial charge >= 0.3 is 0 Å². The molecule has 1 amide bonds. The minimum absolute atomic E-state index is 0.0159. The van der Waals surface area contributed by atoms with Gasteiger partial charge in [0.05, 0.1) is 41.8 Å². The molecule has 0 radical (unpaired) electrons. The van der Waals surface area contributed by atoms with Crippen LogP contribution in [0.15, 0.2) is 48.5 Å². The second kappa shape index (κ2) is 10.2. The van der Waals surface area contributed by atoms with Gasteiger partial charge in [-0.3, -0.25) is 14.9 Å². The van der Waals surface area contributed by atoms with Crippen LogP contribution in [0.3, 0.4) is 0 Å². The van der Waals surface area contributed by atoms with Crippen molar-refractivity contribution in [2.45, 2.75) is 0 Å². The van der Waals surface area contributed by atoms with Gasteiger partial charge < -0.3 is 19.5 Å². The molecule has 0 bridgehead atoms. The molecule has 4 aromatic rings. The number of nitro benzene ring substituents is 1. The Morgan fingerprint density at radius 1 is 1.11 bits per heavy atom. The topological polar surface area (TPSA) is 143 Å². The van der Waals surface area contributed by atoms with Gasteiger partial charge in [-0.1, -0.05) is 11.6 Å². The fraction of sp³-hybridized carbons (Fsp3) is 0.182. The van der Waals surface area contributed by atoms with Crippen molar-refractivity contribution in [2.24, 2.45) is 0 Å². The highest BCUT2D eigenvalue weighted by Crippen LogP contribution is 2.32. The molecule has 35 heavy (non-hydrogen) atoms. The van der Waals surface area contributed by atoms with Gasteiger partial charge in [0.1, 0.15) is 18.1 Å². The Balaban J connectivity index is 1.44. The smallest absolute Gasteiger partial charge is 0.270 e. The van der Waals surface area contributed by atoms with Gasteiger partial charge in [-0.15, -0.1) is 15.3 Å². The highest BCUT2D eigenvalue weighted by molar-refractivity contribution is 6.34. The van der Waals surface area contributed by atoms with Crippen LogP contribution in [-0.4, -0.2) is 58.0 Å². The molecular formula is C22H19ClN6O6. The van der Waals surface area contributed by atoms with Crippen molar-refractivity contribution < 1.29 is 23.9 Å². The summed E-state index contributed by atoms with van der Waals surface area (Å²) in [5, 5.41) is 26.2. The normalized spacial score (nSPS) is 10.7.